The van der Waals surface area contributed by atoms with Crippen molar-refractivity contribution < 1.29 is 30.4 Å². The predicted molar refractivity (Wildman–Crippen MR) is 95.7 cm³/mol. The molecule has 152 valence electrons. The summed E-state index contributed by atoms with van der Waals surface area (Å²) >= 11 is 0. The zero-order valence-electron chi connectivity index (χ0n) is 14.6. The summed E-state index contributed by atoms with van der Waals surface area (Å²) in [4.78, 5) is 13.3. The molecule has 0 bridgehead atoms. The first-order valence-corrected chi connectivity index (χ1v) is 11.3. The van der Waals surface area contributed by atoms with Gasteiger partial charge in [-0.05, 0) is 19.1 Å². The van der Waals surface area contributed by atoms with Gasteiger partial charge in [-0.15, -0.1) is 0 Å². The van der Waals surface area contributed by atoms with E-state index < -0.39 is 36.4 Å². The molecule has 0 unspecified atom stereocenters. The Bertz CT molecular complexity index is 882. The van der Waals surface area contributed by atoms with E-state index in [1.54, 1.807) is 11.8 Å². The molecule has 27 heavy (non-hydrogen) atoms. The van der Waals surface area contributed by atoms with E-state index in [2.05, 4.69) is 5.32 Å². The number of sulfonamides is 1. The number of halogens is 2. The monoisotopic (exact) mass is 425 g/mol. The highest BCUT2D eigenvalue weighted by Crippen LogP contribution is 2.26. The van der Waals surface area contributed by atoms with Crippen LogP contribution in [0.4, 0.5) is 14.5 Å². The Morgan fingerprint density at radius 2 is 1.70 bits per heavy atom. The molecule has 1 saturated heterocycles. The molecule has 1 heterocycles. The number of hydrogen-bond acceptors (Lipinski definition) is 6. The third-order valence-electron chi connectivity index (χ3n) is 4.16. The number of alkyl halides is 2. The maximum atomic E-state index is 12.8. The number of anilines is 1. The second-order valence-corrected chi connectivity index (χ2v) is 10.1. The van der Waals surface area contributed by atoms with Gasteiger partial charge in [0.05, 0.1) is 22.9 Å². The Morgan fingerprint density at radius 3 is 2.26 bits per heavy atom. The molecule has 1 N–H and O–H groups in total. The molecule has 0 aliphatic carbocycles. The first-order chi connectivity index (χ1) is 12.6. The van der Waals surface area contributed by atoms with Gasteiger partial charge in [-0.3, -0.25) is 9.69 Å². The third-order valence-corrected chi connectivity index (χ3v) is 7.48. The summed E-state index contributed by atoms with van der Waals surface area (Å²) in [5.41, 5.74) is -0.213. The molecule has 0 radical (unpaired) electrons. The quantitative estimate of drug-likeness (QED) is 0.686. The minimum atomic E-state index is -4.85. The van der Waals surface area contributed by atoms with E-state index in [-0.39, 0.29) is 31.1 Å². The van der Waals surface area contributed by atoms with E-state index in [1.165, 1.54) is 22.5 Å². The SMILES string of the molecule is CCS(=O)(=O)N1CCN(CC(=O)Nc2ccccc2S(=O)(=O)C(F)F)CC1. The van der Waals surface area contributed by atoms with Crippen molar-refractivity contribution in [3.05, 3.63) is 24.3 Å². The summed E-state index contributed by atoms with van der Waals surface area (Å²) in [5, 5.41) is 2.35. The van der Waals surface area contributed by atoms with Crippen LogP contribution >= 0.6 is 0 Å². The Hall–Kier alpha value is -1.63. The number of amides is 1. The van der Waals surface area contributed by atoms with Crippen molar-refractivity contribution in [2.45, 2.75) is 17.6 Å². The molecule has 0 aromatic heterocycles. The molecule has 8 nitrogen and oxygen atoms in total. The molecule has 12 heteroatoms. The fourth-order valence-corrected chi connectivity index (χ4v) is 4.63. The molecule has 0 spiro atoms. The number of rotatable bonds is 7. The second kappa shape index (κ2) is 8.59. The van der Waals surface area contributed by atoms with Gasteiger partial charge in [0.1, 0.15) is 0 Å². The minimum Gasteiger partial charge on any atom is -0.324 e. The summed E-state index contributed by atoms with van der Waals surface area (Å²) in [6, 6.07) is 4.96. The fourth-order valence-electron chi connectivity index (χ4n) is 2.66. The van der Waals surface area contributed by atoms with Gasteiger partial charge in [-0.2, -0.15) is 13.1 Å². The minimum absolute atomic E-state index is 0.00286. The van der Waals surface area contributed by atoms with E-state index in [0.717, 1.165) is 6.07 Å². The number of piperazine rings is 1. The van der Waals surface area contributed by atoms with Crippen molar-refractivity contribution in [2.75, 3.05) is 43.8 Å². The van der Waals surface area contributed by atoms with Crippen molar-refractivity contribution in [3.63, 3.8) is 0 Å². The zero-order valence-corrected chi connectivity index (χ0v) is 16.3. The maximum Gasteiger partial charge on any atom is 0.341 e. The molecule has 1 aromatic carbocycles. The van der Waals surface area contributed by atoms with Crippen LogP contribution in [0, 0.1) is 0 Å². The van der Waals surface area contributed by atoms with Gasteiger partial charge < -0.3 is 5.32 Å². The lowest BCUT2D eigenvalue weighted by molar-refractivity contribution is -0.117. The van der Waals surface area contributed by atoms with Gasteiger partial charge in [0.25, 0.3) is 0 Å². The predicted octanol–water partition coefficient (Wildman–Crippen LogP) is 0.589. The van der Waals surface area contributed by atoms with Crippen molar-refractivity contribution in [1.82, 2.24) is 9.21 Å². The number of carbonyl (C=O) groups is 1. The van der Waals surface area contributed by atoms with E-state index in [1.807, 2.05) is 0 Å². The smallest absolute Gasteiger partial charge is 0.324 e. The lowest BCUT2D eigenvalue weighted by Gasteiger charge is -2.33. The maximum absolute atomic E-state index is 12.8. The first kappa shape index (κ1) is 21.7. The number of nitrogens with one attached hydrogen (secondary N) is 1. The number of carbonyl (C=O) groups excluding carboxylic acids is 1. The molecular formula is C15H21F2N3O5S2. The summed E-state index contributed by atoms with van der Waals surface area (Å²) in [7, 11) is -8.13. The van der Waals surface area contributed by atoms with Crippen molar-refractivity contribution >= 4 is 31.5 Å². The van der Waals surface area contributed by atoms with Crippen molar-refractivity contribution in [1.29, 1.82) is 0 Å². The highest BCUT2D eigenvalue weighted by atomic mass is 32.2. The van der Waals surface area contributed by atoms with Gasteiger partial charge in [0, 0.05) is 26.2 Å². The van der Waals surface area contributed by atoms with Crippen LogP contribution in [-0.2, 0) is 24.7 Å². The first-order valence-electron chi connectivity index (χ1n) is 8.19. The third kappa shape index (κ3) is 5.21. The lowest BCUT2D eigenvalue weighted by atomic mass is 10.3. The Balaban J connectivity index is 2.00. The highest BCUT2D eigenvalue weighted by molar-refractivity contribution is 7.91. The molecule has 0 atom stereocenters. The molecule has 2 rings (SSSR count). The van der Waals surface area contributed by atoms with Crippen LogP contribution in [0.15, 0.2) is 29.2 Å². The molecule has 1 amide bonds. The fraction of sp³-hybridized carbons (Fsp3) is 0.533. The standard InChI is InChI=1S/C15H21F2N3O5S2/c1-2-26(22,23)20-9-7-19(8-10-20)11-14(21)18-12-5-3-4-6-13(12)27(24,25)15(16)17/h3-6,15H,2,7-11H2,1H3,(H,18,21). The summed E-state index contributed by atoms with van der Waals surface area (Å²) in [5.74, 6) is -4.16. The zero-order chi connectivity index (χ0) is 20.2. The van der Waals surface area contributed by atoms with Crippen LogP contribution in [0.3, 0.4) is 0 Å². The Morgan fingerprint density at radius 1 is 1.11 bits per heavy atom. The normalized spacial score (nSPS) is 17.2. The molecule has 1 aliphatic rings. The van der Waals surface area contributed by atoms with Gasteiger partial charge in [-0.1, -0.05) is 12.1 Å². The van der Waals surface area contributed by atoms with Crippen LogP contribution in [-0.4, -0.2) is 76.2 Å². The topological polar surface area (TPSA) is 104 Å². The number of sulfone groups is 1. The van der Waals surface area contributed by atoms with E-state index in [9.17, 15) is 30.4 Å². The number of para-hydroxylation sites is 1. The van der Waals surface area contributed by atoms with E-state index in [0.29, 0.717) is 13.1 Å². The van der Waals surface area contributed by atoms with Crippen LogP contribution in [0.5, 0.6) is 0 Å². The van der Waals surface area contributed by atoms with Gasteiger partial charge in [-0.25, -0.2) is 16.8 Å². The largest absolute Gasteiger partial charge is 0.341 e. The number of nitrogens with zero attached hydrogens (tertiary/aromatic N) is 2. The molecular weight excluding hydrogens is 404 g/mol. The Labute approximate surface area is 157 Å². The Kier molecular flexibility index (Phi) is 6.89. The van der Waals surface area contributed by atoms with Gasteiger partial charge in [0.15, 0.2) is 0 Å². The molecule has 0 saturated carbocycles. The van der Waals surface area contributed by atoms with Gasteiger partial charge in [0.2, 0.25) is 25.8 Å². The highest BCUT2D eigenvalue weighted by Gasteiger charge is 2.30. The van der Waals surface area contributed by atoms with Gasteiger partial charge >= 0.3 is 5.76 Å². The van der Waals surface area contributed by atoms with Crippen LogP contribution in [0.2, 0.25) is 0 Å². The summed E-state index contributed by atoms with van der Waals surface area (Å²) < 4.78 is 74.0. The average Bonchev–Trinajstić information content (AvgIpc) is 2.62. The second-order valence-electron chi connectivity index (χ2n) is 5.93. The van der Waals surface area contributed by atoms with Crippen LogP contribution in [0.25, 0.3) is 0 Å². The van der Waals surface area contributed by atoms with Crippen LogP contribution < -0.4 is 5.32 Å². The lowest BCUT2D eigenvalue weighted by Crippen LogP contribution is -2.50. The summed E-state index contributed by atoms with van der Waals surface area (Å²) in [6.45, 7) is 2.62. The summed E-state index contributed by atoms with van der Waals surface area (Å²) in [6.07, 6.45) is 0. The molecule has 1 aromatic rings. The van der Waals surface area contributed by atoms with Crippen molar-refractivity contribution in [2.24, 2.45) is 0 Å². The van der Waals surface area contributed by atoms with E-state index in [4.69, 9.17) is 0 Å². The van der Waals surface area contributed by atoms with Crippen LogP contribution in [0.1, 0.15) is 6.92 Å². The van der Waals surface area contributed by atoms with Crippen molar-refractivity contribution in [3.8, 4) is 0 Å². The number of benzene rings is 1. The molecule has 1 aliphatic heterocycles. The number of hydrogen-bond donors (Lipinski definition) is 1. The molecule has 1 fully saturated rings. The average molecular weight is 425 g/mol. The van der Waals surface area contributed by atoms with E-state index >= 15 is 0 Å².